The van der Waals surface area contributed by atoms with Crippen LogP contribution < -0.4 is 0 Å². The van der Waals surface area contributed by atoms with Gasteiger partial charge in [0, 0.05) is 21.8 Å². The number of nitrogens with zero attached hydrogens (tertiary/aromatic N) is 2. The minimum absolute atomic E-state index is 0.281. The molecule has 5 heteroatoms. The number of aromatic nitrogens is 1. The standard InChI is InChI=1S/C13H7Cl3N2/c14-10-4-9(5-11(15)6-10)13-12(16)3-8(1-2-17)7-18-13/h3-7H,1H2. The van der Waals surface area contributed by atoms with Gasteiger partial charge in [-0.3, -0.25) is 4.98 Å². The zero-order chi connectivity index (χ0) is 13.1. The second kappa shape index (κ2) is 5.58. The predicted octanol–water partition coefficient (Wildman–Crippen LogP) is 4.77. The number of rotatable bonds is 2. The van der Waals surface area contributed by atoms with Crippen LogP contribution >= 0.6 is 34.8 Å². The Bertz CT molecular complexity index is 612. The van der Waals surface area contributed by atoms with E-state index < -0.39 is 0 Å². The van der Waals surface area contributed by atoms with E-state index in [2.05, 4.69) is 4.98 Å². The molecule has 0 amide bonds. The monoisotopic (exact) mass is 296 g/mol. The average molecular weight is 298 g/mol. The van der Waals surface area contributed by atoms with Crippen LogP contribution in [0.5, 0.6) is 0 Å². The fourth-order valence-electron chi connectivity index (χ4n) is 1.57. The van der Waals surface area contributed by atoms with Gasteiger partial charge in [0.25, 0.3) is 0 Å². The number of hydrogen-bond acceptors (Lipinski definition) is 2. The molecule has 90 valence electrons. The van der Waals surface area contributed by atoms with Crippen molar-refractivity contribution in [1.29, 1.82) is 5.26 Å². The zero-order valence-corrected chi connectivity index (χ0v) is 11.4. The van der Waals surface area contributed by atoms with Crippen LogP contribution in [0.1, 0.15) is 5.56 Å². The number of nitriles is 1. The van der Waals surface area contributed by atoms with E-state index in [1.807, 2.05) is 6.07 Å². The molecule has 0 saturated heterocycles. The molecule has 1 heterocycles. The van der Waals surface area contributed by atoms with Gasteiger partial charge >= 0.3 is 0 Å². The Morgan fingerprint density at radius 1 is 1.06 bits per heavy atom. The summed E-state index contributed by atoms with van der Waals surface area (Å²) in [4.78, 5) is 4.25. The lowest BCUT2D eigenvalue weighted by atomic mass is 10.1. The maximum absolute atomic E-state index is 8.61. The Morgan fingerprint density at radius 3 is 2.28 bits per heavy atom. The van der Waals surface area contributed by atoms with Gasteiger partial charge in [-0.05, 0) is 29.8 Å². The zero-order valence-electron chi connectivity index (χ0n) is 9.12. The van der Waals surface area contributed by atoms with Crippen LogP contribution in [0.4, 0.5) is 0 Å². The first-order valence-corrected chi connectivity index (χ1v) is 6.21. The lowest BCUT2D eigenvalue weighted by molar-refractivity contribution is 1.19. The van der Waals surface area contributed by atoms with Crippen molar-refractivity contribution < 1.29 is 0 Å². The van der Waals surface area contributed by atoms with Crippen molar-refractivity contribution in [3.05, 3.63) is 51.1 Å². The SMILES string of the molecule is N#CCc1cnc(-c2cc(Cl)cc(Cl)c2)c(Cl)c1. The fraction of sp³-hybridized carbons (Fsp3) is 0.0769. The minimum atomic E-state index is 0.281. The van der Waals surface area contributed by atoms with E-state index >= 15 is 0 Å². The van der Waals surface area contributed by atoms with Gasteiger partial charge in [-0.15, -0.1) is 0 Å². The van der Waals surface area contributed by atoms with Crippen molar-refractivity contribution in [1.82, 2.24) is 4.98 Å². The van der Waals surface area contributed by atoms with Gasteiger partial charge in [0.2, 0.25) is 0 Å². The quantitative estimate of drug-likeness (QED) is 0.800. The molecule has 0 aliphatic rings. The summed E-state index contributed by atoms with van der Waals surface area (Å²) in [6.45, 7) is 0. The van der Waals surface area contributed by atoms with Crippen molar-refractivity contribution >= 4 is 34.8 Å². The molecule has 1 aromatic heterocycles. The highest BCUT2D eigenvalue weighted by Gasteiger charge is 2.08. The molecule has 1 aromatic carbocycles. The van der Waals surface area contributed by atoms with Gasteiger partial charge < -0.3 is 0 Å². The summed E-state index contributed by atoms with van der Waals surface area (Å²) in [6, 6.07) is 8.90. The molecule has 2 aromatic rings. The van der Waals surface area contributed by atoms with E-state index in [4.69, 9.17) is 40.1 Å². The second-order valence-electron chi connectivity index (χ2n) is 3.67. The molecule has 0 N–H and O–H groups in total. The molecular weight excluding hydrogens is 291 g/mol. The molecule has 0 radical (unpaired) electrons. The topological polar surface area (TPSA) is 36.7 Å². The Hall–Kier alpha value is -1.27. The van der Waals surface area contributed by atoms with Gasteiger partial charge in [0.15, 0.2) is 0 Å². The maximum Gasteiger partial charge on any atom is 0.0889 e. The van der Waals surface area contributed by atoms with Crippen molar-refractivity contribution in [3.63, 3.8) is 0 Å². The van der Waals surface area contributed by atoms with Gasteiger partial charge in [-0.2, -0.15) is 5.26 Å². The van der Waals surface area contributed by atoms with Crippen LogP contribution in [0.25, 0.3) is 11.3 Å². The van der Waals surface area contributed by atoms with Crippen LogP contribution in [0.15, 0.2) is 30.5 Å². The highest BCUT2D eigenvalue weighted by Crippen LogP contribution is 2.30. The minimum Gasteiger partial charge on any atom is -0.254 e. The molecular formula is C13H7Cl3N2. The van der Waals surface area contributed by atoms with Crippen LogP contribution in [-0.4, -0.2) is 4.98 Å². The summed E-state index contributed by atoms with van der Waals surface area (Å²) < 4.78 is 0. The van der Waals surface area contributed by atoms with E-state index in [0.29, 0.717) is 20.8 Å². The molecule has 0 atom stereocenters. The lowest BCUT2D eigenvalue weighted by Gasteiger charge is -2.06. The Balaban J connectivity index is 2.48. The summed E-state index contributed by atoms with van der Waals surface area (Å²) >= 11 is 18.0. The fourth-order valence-corrected chi connectivity index (χ4v) is 2.39. The molecule has 18 heavy (non-hydrogen) atoms. The summed E-state index contributed by atoms with van der Waals surface area (Å²) in [5, 5.41) is 10.1. The first-order chi connectivity index (χ1) is 8.60. The third kappa shape index (κ3) is 2.94. The van der Waals surface area contributed by atoms with Crippen molar-refractivity contribution in [2.45, 2.75) is 6.42 Å². The Morgan fingerprint density at radius 2 is 1.72 bits per heavy atom. The van der Waals surface area contributed by atoms with Crippen LogP contribution in [0, 0.1) is 11.3 Å². The highest BCUT2D eigenvalue weighted by molar-refractivity contribution is 6.36. The van der Waals surface area contributed by atoms with E-state index in [-0.39, 0.29) is 6.42 Å². The van der Waals surface area contributed by atoms with Gasteiger partial charge in [0.1, 0.15) is 0 Å². The summed E-state index contributed by atoms with van der Waals surface area (Å²) in [5.41, 5.74) is 2.13. The molecule has 0 unspecified atom stereocenters. The number of hydrogen-bond donors (Lipinski definition) is 0. The molecule has 0 saturated carbocycles. The highest BCUT2D eigenvalue weighted by atomic mass is 35.5. The van der Waals surface area contributed by atoms with Gasteiger partial charge in [-0.25, -0.2) is 0 Å². The Kier molecular flexibility index (Phi) is 4.08. The molecule has 0 aliphatic carbocycles. The maximum atomic E-state index is 8.61. The normalized spacial score (nSPS) is 10.1. The first kappa shape index (κ1) is 13.2. The molecule has 2 rings (SSSR count). The molecule has 0 spiro atoms. The van der Waals surface area contributed by atoms with Crippen molar-refractivity contribution in [2.24, 2.45) is 0 Å². The number of halogens is 3. The second-order valence-corrected chi connectivity index (χ2v) is 4.95. The number of pyridine rings is 1. The molecule has 2 nitrogen and oxygen atoms in total. The number of benzene rings is 1. The summed E-state index contributed by atoms with van der Waals surface area (Å²) in [5.74, 6) is 0. The van der Waals surface area contributed by atoms with E-state index in [9.17, 15) is 0 Å². The average Bonchev–Trinajstić information content (AvgIpc) is 2.28. The van der Waals surface area contributed by atoms with Crippen LogP contribution in [0.2, 0.25) is 15.1 Å². The third-order valence-electron chi connectivity index (χ3n) is 2.32. The largest absolute Gasteiger partial charge is 0.254 e. The van der Waals surface area contributed by atoms with Gasteiger partial charge in [0.05, 0.1) is 23.2 Å². The van der Waals surface area contributed by atoms with Crippen molar-refractivity contribution in [2.75, 3.05) is 0 Å². The lowest BCUT2D eigenvalue weighted by Crippen LogP contribution is -1.89. The predicted molar refractivity (Wildman–Crippen MR) is 74.0 cm³/mol. The van der Waals surface area contributed by atoms with E-state index in [0.717, 1.165) is 11.1 Å². The molecule has 0 fully saturated rings. The van der Waals surface area contributed by atoms with Crippen molar-refractivity contribution in [3.8, 4) is 17.3 Å². The van der Waals surface area contributed by atoms with Gasteiger partial charge in [-0.1, -0.05) is 34.8 Å². The smallest absolute Gasteiger partial charge is 0.0889 e. The molecule has 0 bridgehead atoms. The Labute approximate surface area is 120 Å². The third-order valence-corrected chi connectivity index (χ3v) is 3.04. The summed E-state index contributed by atoms with van der Waals surface area (Å²) in [7, 11) is 0. The summed E-state index contributed by atoms with van der Waals surface area (Å²) in [6.07, 6.45) is 1.91. The van der Waals surface area contributed by atoms with E-state index in [1.165, 1.54) is 0 Å². The van der Waals surface area contributed by atoms with Crippen LogP contribution in [-0.2, 0) is 6.42 Å². The van der Waals surface area contributed by atoms with Crippen LogP contribution in [0.3, 0.4) is 0 Å². The first-order valence-electron chi connectivity index (χ1n) is 5.08. The van der Waals surface area contributed by atoms with E-state index in [1.54, 1.807) is 30.5 Å². The molecule has 0 aliphatic heterocycles.